The lowest BCUT2D eigenvalue weighted by Gasteiger charge is -2.09. The zero-order chi connectivity index (χ0) is 6.85. The molecule has 1 fully saturated rings. The summed E-state index contributed by atoms with van der Waals surface area (Å²) in [6.07, 6.45) is 0.734. The van der Waals surface area contributed by atoms with E-state index in [0.717, 1.165) is 13.0 Å². The second-order valence-corrected chi connectivity index (χ2v) is 3.01. The Bertz CT molecular complexity index is 120. The van der Waals surface area contributed by atoms with Crippen molar-refractivity contribution in [2.75, 3.05) is 6.54 Å². The average molecular weight is 127 g/mol. The molecular formula is C7H13NO. The number of amides is 1. The van der Waals surface area contributed by atoms with Crippen molar-refractivity contribution in [2.45, 2.75) is 20.3 Å². The van der Waals surface area contributed by atoms with Crippen molar-refractivity contribution in [1.82, 2.24) is 5.32 Å². The summed E-state index contributed by atoms with van der Waals surface area (Å²) in [4.78, 5) is 10.6. The van der Waals surface area contributed by atoms with E-state index in [1.165, 1.54) is 0 Å². The Morgan fingerprint density at radius 1 is 1.67 bits per heavy atom. The predicted molar refractivity (Wildman–Crippen MR) is 36.0 cm³/mol. The van der Waals surface area contributed by atoms with Crippen LogP contribution in [-0.4, -0.2) is 12.5 Å². The Morgan fingerprint density at radius 3 is 2.56 bits per heavy atom. The lowest BCUT2D eigenvalue weighted by atomic mass is 9.95. The van der Waals surface area contributed by atoms with Gasteiger partial charge in [-0.25, -0.2) is 0 Å². The van der Waals surface area contributed by atoms with Crippen LogP contribution in [0.1, 0.15) is 20.3 Å². The molecular weight excluding hydrogens is 114 g/mol. The van der Waals surface area contributed by atoms with Gasteiger partial charge >= 0.3 is 0 Å². The maximum absolute atomic E-state index is 10.6. The average Bonchev–Trinajstić information content (AvgIpc) is 2.14. The SMILES string of the molecule is CC(C)C1CNC(=O)C1. The summed E-state index contributed by atoms with van der Waals surface area (Å²) in [6.45, 7) is 5.20. The molecule has 0 saturated carbocycles. The van der Waals surface area contributed by atoms with Crippen molar-refractivity contribution in [3.63, 3.8) is 0 Å². The Balaban J connectivity index is 2.39. The number of hydrogen-bond acceptors (Lipinski definition) is 1. The van der Waals surface area contributed by atoms with E-state index in [2.05, 4.69) is 19.2 Å². The van der Waals surface area contributed by atoms with Crippen LogP contribution in [0, 0.1) is 11.8 Å². The van der Waals surface area contributed by atoms with Gasteiger partial charge in [0.1, 0.15) is 0 Å². The van der Waals surface area contributed by atoms with Gasteiger partial charge in [-0.05, 0) is 11.8 Å². The number of carbonyl (C=O) groups is 1. The first kappa shape index (κ1) is 6.59. The lowest BCUT2D eigenvalue weighted by Crippen LogP contribution is -2.15. The Labute approximate surface area is 55.6 Å². The van der Waals surface area contributed by atoms with E-state index in [1.807, 2.05) is 0 Å². The summed E-state index contributed by atoms with van der Waals surface area (Å²) in [7, 11) is 0. The highest BCUT2D eigenvalue weighted by atomic mass is 16.1. The van der Waals surface area contributed by atoms with Crippen LogP contribution in [0.15, 0.2) is 0 Å². The largest absolute Gasteiger partial charge is 0.356 e. The van der Waals surface area contributed by atoms with E-state index in [1.54, 1.807) is 0 Å². The molecule has 1 aliphatic heterocycles. The second kappa shape index (κ2) is 2.38. The molecule has 2 heteroatoms. The van der Waals surface area contributed by atoms with Crippen LogP contribution >= 0.6 is 0 Å². The molecule has 52 valence electrons. The van der Waals surface area contributed by atoms with Crippen LogP contribution in [0.5, 0.6) is 0 Å². The molecule has 0 bridgehead atoms. The van der Waals surface area contributed by atoms with Crippen LogP contribution in [0.2, 0.25) is 0 Å². The molecule has 0 spiro atoms. The van der Waals surface area contributed by atoms with Gasteiger partial charge in [-0.2, -0.15) is 0 Å². The first-order valence-corrected chi connectivity index (χ1v) is 3.47. The minimum Gasteiger partial charge on any atom is -0.356 e. The van der Waals surface area contributed by atoms with Crippen molar-refractivity contribution < 1.29 is 4.79 Å². The fourth-order valence-electron chi connectivity index (χ4n) is 1.10. The van der Waals surface area contributed by atoms with Crippen LogP contribution < -0.4 is 5.32 Å². The highest BCUT2D eigenvalue weighted by Gasteiger charge is 2.23. The van der Waals surface area contributed by atoms with Crippen molar-refractivity contribution in [2.24, 2.45) is 11.8 Å². The third-order valence-electron chi connectivity index (χ3n) is 1.95. The van der Waals surface area contributed by atoms with Gasteiger partial charge in [0.2, 0.25) is 5.91 Å². The Hall–Kier alpha value is -0.530. The van der Waals surface area contributed by atoms with Crippen molar-refractivity contribution in [3.8, 4) is 0 Å². The summed E-state index contributed by atoms with van der Waals surface area (Å²) in [5.41, 5.74) is 0. The third kappa shape index (κ3) is 1.44. The van der Waals surface area contributed by atoms with Gasteiger partial charge in [0.25, 0.3) is 0 Å². The molecule has 0 aliphatic carbocycles. The maximum Gasteiger partial charge on any atom is 0.220 e. The topological polar surface area (TPSA) is 29.1 Å². The van der Waals surface area contributed by atoms with E-state index >= 15 is 0 Å². The minimum absolute atomic E-state index is 0.216. The van der Waals surface area contributed by atoms with Gasteiger partial charge < -0.3 is 5.32 Å². The molecule has 1 unspecified atom stereocenters. The van der Waals surface area contributed by atoms with E-state index in [0.29, 0.717) is 11.8 Å². The van der Waals surface area contributed by atoms with Gasteiger partial charge in [-0.1, -0.05) is 13.8 Å². The monoisotopic (exact) mass is 127 g/mol. The van der Waals surface area contributed by atoms with Crippen molar-refractivity contribution in [1.29, 1.82) is 0 Å². The molecule has 9 heavy (non-hydrogen) atoms. The summed E-state index contributed by atoms with van der Waals surface area (Å²) in [5.74, 6) is 1.44. The molecule has 1 N–H and O–H groups in total. The normalized spacial score (nSPS) is 27.0. The van der Waals surface area contributed by atoms with Crippen LogP contribution in [-0.2, 0) is 4.79 Å². The summed E-state index contributed by atoms with van der Waals surface area (Å²) in [6, 6.07) is 0. The molecule has 1 aliphatic rings. The van der Waals surface area contributed by atoms with E-state index < -0.39 is 0 Å². The minimum atomic E-state index is 0.216. The number of hydrogen-bond donors (Lipinski definition) is 1. The molecule has 1 atom stereocenters. The zero-order valence-electron chi connectivity index (χ0n) is 5.98. The number of carbonyl (C=O) groups excluding carboxylic acids is 1. The number of rotatable bonds is 1. The van der Waals surface area contributed by atoms with Gasteiger partial charge in [0, 0.05) is 13.0 Å². The second-order valence-electron chi connectivity index (χ2n) is 3.01. The van der Waals surface area contributed by atoms with Crippen molar-refractivity contribution in [3.05, 3.63) is 0 Å². The van der Waals surface area contributed by atoms with Gasteiger partial charge in [-0.15, -0.1) is 0 Å². The lowest BCUT2D eigenvalue weighted by molar-refractivity contribution is -0.119. The van der Waals surface area contributed by atoms with Crippen LogP contribution in [0.25, 0.3) is 0 Å². The first-order chi connectivity index (χ1) is 4.20. The fraction of sp³-hybridized carbons (Fsp3) is 0.857. The molecule has 2 nitrogen and oxygen atoms in total. The molecule has 1 amide bonds. The third-order valence-corrected chi connectivity index (χ3v) is 1.95. The van der Waals surface area contributed by atoms with Crippen molar-refractivity contribution >= 4 is 5.91 Å². The van der Waals surface area contributed by atoms with E-state index in [9.17, 15) is 4.79 Å². The molecule has 0 aromatic heterocycles. The quantitative estimate of drug-likeness (QED) is 0.554. The van der Waals surface area contributed by atoms with Crippen LogP contribution in [0.4, 0.5) is 0 Å². The Morgan fingerprint density at radius 2 is 2.33 bits per heavy atom. The zero-order valence-corrected chi connectivity index (χ0v) is 5.98. The summed E-state index contributed by atoms with van der Waals surface area (Å²) in [5, 5.41) is 2.81. The molecule has 0 aromatic rings. The fourth-order valence-corrected chi connectivity index (χ4v) is 1.10. The number of nitrogens with one attached hydrogen (secondary N) is 1. The highest BCUT2D eigenvalue weighted by Crippen LogP contribution is 2.17. The van der Waals surface area contributed by atoms with Gasteiger partial charge in [0.05, 0.1) is 0 Å². The van der Waals surface area contributed by atoms with E-state index in [-0.39, 0.29) is 5.91 Å². The molecule has 0 radical (unpaired) electrons. The van der Waals surface area contributed by atoms with E-state index in [4.69, 9.17) is 0 Å². The molecule has 1 saturated heterocycles. The summed E-state index contributed by atoms with van der Waals surface area (Å²) >= 11 is 0. The molecule has 0 aromatic carbocycles. The molecule has 1 heterocycles. The first-order valence-electron chi connectivity index (χ1n) is 3.47. The summed E-state index contributed by atoms with van der Waals surface area (Å²) < 4.78 is 0. The standard InChI is InChI=1S/C7H13NO/c1-5(2)6-3-7(9)8-4-6/h5-6H,3-4H2,1-2H3,(H,8,9). The maximum atomic E-state index is 10.6. The van der Waals surface area contributed by atoms with Crippen LogP contribution in [0.3, 0.4) is 0 Å². The highest BCUT2D eigenvalue weighted by molar-refractivity contribution is 5.78. The predicted octanol–water partition coefficient (Wildman–Crippen LogP) is 0.778. The Kier molecular flexibility index (Phi) is 1.74. The molecule has 1 rings (SSSR count). The van der Waals surface area contributed by atoms with Gasteiger partial charge in [0.15, 0.2) is 0 Å². The van der Waals surface area contributed by atoms with Gasteiger partial charge in [-0.3, -0.25) is 4.79 Å². The smallest absolute Gasteiger partial charge is 0.220 e.